The normalized spacial score (nSPS) is 10.6. The van der Waals surface area contributed by atoms with Crippen molar-refractivity contribution >= 4 is 39.1 Å². The van der Waals surface area contributed by atoms with E-state index in [4.69, 9.17) is 11.6 Å². The Morgan fingerprint density at radius 2 is 1.96 bits per heavy atom. The van der Waals surface area contributed by atoms with E-state index in [2.05, 4.69) is 21.2 Å². The number of hydrogen-bond acceptors (Lipinski definition) is 2. The molecule has 6 heteroatoms. The average Bonchev–Trinajstić information content (AvgIpc) is 2.51. The van der Waals surface area contributed by atoms with Gasteiger partial charge in [-0.1, -0.05) is 31.5 Å². The number of halogens is 2. The van der Waals surface area contributed by atoms with Crippen molar-refractivity contribution in [3.05, 3.63) is 61.4 Å². The number of pyridine rings is 1. The van der Waals surface area contributed by atoms with Crippen molar-refractivity contribution in [1.29, 1.82) is 0 Å². The van der Waals surface area contributed by atoms with E-state index in [1.54, 1.807) is 12.3 Å². The van der Waals surface area contributed by atoms with Gasteiger partial charge >= 0.3 is 0 Å². The van der Waals surface area contributed by atoms with Crippen LogP contribution in [0.4, 0.5) is 5.69 Å². The van der Waals surface area contributed by atoms with Gasteiger partial charge in [0, 0.05) is 27.4 Å². The number of nitrogens with zero attached hydrogens (tertiary/aromatic N) is 1. The van der Waals surface area contributed by atoms with Crippen LogP contribution in [0.15, 0.2) is 39.7 Å². The molecule has 0 saturated heterocycles. The monoisotopic (exact) mass is 396 g/mol. The second-order valence-corrected chi connectivity index (χ2v) is 6.45. The fourth-order valence-corrected chi connectivity index (χ4v) is 3.10. The Balaban J connectivity index is 2.28. The predicted octanol–water partition coefficient (Wildman–Crippen LogP) is 4.03. The summed E-state index contributed by atoms with van der Waals surface area (Å²) in [5, 5.41) is 3.56. The van der Waals surface area contributed by atoms with Crippen LogP contribution in [0.25, 0.3) is 0 Å². The highest BCUT2D eigenvalue weighted by atomic mass is 79.9. The lowest BCUT2D eigenvalue weighted by Gasteiger charge is -2.16. The summed E-state index contributed by atoms with van der Waals surface area (Å²) in [6.07, 6.45) is 3.11. The average molecular weight is 398 g/mol. The first-order valence-corrected chi connectivity index (χ1v) is 8.59. The maximum atomic E-state index is 12.4. The maximum Gasteiger partial charge on any atom is 0.251 e. The number of hydrogen-bond donors (Lipinski definition) is 1. The minimum absolute atomic E-state index is 0.0445. The first-order chi connectivity index (χ1) is 11.0. The lowest BCUT2D eigenvalue weighted by molar-refractivity contribution is -0.116. The van der Waals surface area contributed by atoms with Crippen LogP contribution >= 0.6 is 27.5 Å². The van der Waals surface area contributed by atoms with Crippen molar-refractivity contribution in [2.45, 2.75) is 33.2 Å². The van der Waals surface area contributed by atoms with E-state index in [-0.39, 0.29) is 18.0 Å². The minimum Gasteiger partial charge on any atom is -0.324 e. The molecule has 1 aromatic heterocycles. The topological polar surface area (TPSA) is 51.1 Å². The standard InChI is InChI=1S/C17H18BrClN2O2/c1-3-11-5-7-14(19)13(4-2)17(11)20-15(22)10-21-9-12(18)6-8-16(21)23/h5-9H,3-4,10H2,1-2H3,(H,20,22). The molecule has 0 atom stereocenters. The van der Waals surface area contributed by atoms with Gasteiger partial charge in [0.05, 0.1) is 0 Å². The molecule has 2 aromatic rings. The number of aryl methyl sites for hydroxylation is 1. The Hall–Kier alpha value is -1.59. The van der Waals surface area contributed by atoms with E-state index in [1.165, 1.54) is 10.6 Å². The molecule has 1 aromatic carbocycles. The van der Waals surface area contributed by atoms with E-state index >= 15 is 0 Å². The van der Waals surface area contributed by atoms with Crippen molar-refractivity contribution in [3.8, 4) is 0 Å². The van der Waals surface area contributed by atoms with Crippen LogP contribution in [-0.4, -0.2) is 10.5 Å². The van der Waals surface area contributed by atoms with E-state index in [1.807, 2.05) is 26.0 Å². The Morgan fingerprint density at radius 1 is 1.22 bits per heavy atom. The zero-order valence-electron chi connectivity index (χ0n) is 13.0. The third kappa shape index (κ3) is 4.24. The molecule has 0 aliphatic heterocycles. The molecule has 2 rings (SSSR count). The zero-order chi connectivity index (χ0) is 17.0. The van der Waals surface area contributed by atoms with Gasteiger partial charge in [-0.3, -0.25) is 9.59 Å². The van der Waals surface area contributed by atoms with Crippen molar-refractivity contribution in [2.24, 2.45) is 0 Å². The van der Waals surface area contributed by atoms with Crippen LogP contribution in [0.2, 0.25) is 5.02 Å². The fraction of sp³-hybridized carbons (Fsp3) is 0.294. The van der Waals surface area contributed by atoms with Gasteiger partial charge in [0.1, 0.15) is 6.54 Å². The molecule has 0 radical (unpaired) electrons. The van der Waals surface area contributed by atoms with Gasteiger partial charge < -0.3 is 9.88 Å². The van der Waals surface area contributed by atoms with Gasteiger partial charge in [-0.05, 0) is 52.0 Å². The minimum atomic E-state index is -0.253. The molecule has 0 unspecified atom stereocenters. The Labute approximate surface area is 148 Å². The summed E-state index contributed by atoms with van der Waals surface area (Å²) < 4.78 is 2.11. The highest BCUT2D eigenvalue weighted by Crippen LogP contribution is 2.29. The molecular formula is C17H18BrClN2O2. The Kier molecular flexibility index (Phi) is 6.02. The van der Waals surface area contributed by atoms with Gasteiger partial charge in [0.15, 0.2) is 0 Å². The quantitative estimate of drug-likeness (QED) is 0.828. The molecule has 1 N–H and O–H groups in total. The summed E-state index contributed by atoms with van der Waals surface area (Å²) in [7, 11) is 0. The number of carbonyl (C=O) groups excluding carboxylic acids is 1. The lowest BCUT2D eigenvalue weighted by Crippen LogP contribution is -2.27. The summed E-state index contributed by atoms with van der Waals surface area (Å²) in [6.45, 7) is 3.98. The van der Waals surface area contributed by atoms with Gasteiger partial charge in [-0.15, -0.1) is 0 Å². The molecule has 0 aliphatic carbocycles. The van der Waals surface area contributed by atoms with E-state index in [0.717, 1.165) is 34.1 Å². The zero-order valence-corrected chi connectivity index (χ0v) is 15.4. The van der Waals surface area contributed by atoms with Crippen molar-refractivity contribution in [2.75, 3.05) is 5.32 Å². The molecule has 23 heavy (non-hydrogen) atoms. The van der Waals surface area contributed by atoms with Crippen LogP contribution in [0.1, 0.15) is 25.0 Å². The molecule has 1 amide bonds. The number of anilines is 1. The van der Waals surface area contributed by atoms with Crippen LogP contribution < -0.4 is 10.9 Å². The second-order valence-electron chi connectivity index (χ2n) is 5.13. The number of nitrogens with one attached hydrogen (secondary N) is 1. The van der Waals surface area contributed by atoms with Crippen molar-refractivity contribution < 1.29 is 4.79 Å². The van der Waals surface area contributed by atoms with Gasteiger partial charge in [0.2, 0.25) is 5.91 Å². The molecule has 122 valence electrons. The lowest BCUT2D eigenvalue weighted by atomic mass is 10.0. The Bertz CT molecular complexity index is 787. The number of carbonyl (C=O) groups is 1. The first kappa shape index (κ1) is 17.8. The summed E-state index contributed by atoms with van der Waals surface area (Å²) in [6, 6.07) is 6.85. The van der Waals surface area contributed by atoms with Crippen LogP contribution in [0, 0.1) is 0 Å². The summed E-state index contributed by atoms with van der Waals surface area (Å²) in [5.41, 5.74) is 2.48. The van der Waals surface area contributed by atoms with Crippen molar-refractivity contribution in [3.63, 3.8) is 0 Å². The number of benzene rings is 1. The van der Waals surface area contributed by atoms with Gasteiger partial charge in [-0.2, -0.15) is 0 Å². The molecule has 1 heterocycles. The Morgan fingerprint density at radius 3 is 2.61 bits per heavy atom. The van der Waals surface area contributed by atoms with Crippen molar-refractivity contribution in [1.82, 2.24) is 4.57 Å². The highest BCUT2D eigenvalue weighted by molar-refractivity contribution is 9.10. The molecule has 0 aliphatic rings. The smallest absolute Gasteiger partial charge is 0.251 e. The summed E-state index contributed by atoms with van der Waals surface area (Å²) in [5.74, 6) is -0.253. The van der Waals surface area contributed by atoms with Crippen LogP contribution in [0.5, 0.6) is 0 Å². The molecule has 0 fully saturated rings. The number of aromatic nitrogens is 1. The van der Waals surface area contributed by atoms with E-state index < -0.39 is 0 Å². The summed E-state index contributed by atoms with van der Waals surface area (Å²) in [4.78, 5) is 24.2. The molecule has 0 bridgehead atoms. The molecule has 4 nitrogen and oxygen atoms in total. The molecule has 0 saturated carbocycles. The summed E-state index contributed by atoms with van der Waals surface area (Å²) >= 11 is 9.53. The highest BCUT2D eigenvalue weighted by Gasteiger charge is 2.14. The third-order valence-electron chi connectivity index (χ3n) is 3.60. The SMILES string of the molecule is CCc1ccc(Cl)c(CC)c1NC(=O)Cn1cc(Br)ccc1=O. The van der Waals surface area contributed by atoms with E-state index in [9.17, 15) is 9.59 Å². The van der Waals surface area contributed by atoms with Gasteiger partial charge in [0.25, 0.3) is 5.56 Å². The second kappa shape index (κ2) is 7.79. The predicted molar refractivity (Wildman–Crippen MR) is 97.2 cm³/mol. The van der Waals surface area contributed by atoms with Crippen LogP contribution in [-0.2, 0) is 24.2 Å². The maximum absolute atomic E-state index is 12.4. The van der Waals surface area contributed by atoms with Gasteiger partial charge in [-0.25, -0.2) is 0 Å². The largest absolute Gasteiger partial charge is 0.324 e. The number of amides is 1. The van der Waals surface area contributed by atoms with E-state index in [0.29, 0.717) is 5.02 Å². The number of rotatable bonds is 5. The first-order valence-electron chi connectivity index (χ1n) is 7.42. The third-order valence-corrected chi connectivity index (χ3v) is 4.43. The molecular weight excluding hydrogens is 380 g/mol. The van der Waals surface area contributed by atoms with Crippen LogP contribution in [0.3, 0.4) is 0 Å². The fourth-order valence-electron chi connectivity index (χ4n) is 2.43. The molecule has 0 spiro atoms.